The molecule has 0 N–H and O–H groups in total. The lowest BCUT2D eigenvalue weighted by Gasteiger charge is -2.09. The lowest BCUT2D eigenvalue weighted by molar-refractivity contribution is -0.137. The molecule has 7 heteroatoms. The number of benzene rings is 1. The van der Waals surface area contributed by atoms with Crippen LogP contribution in [0.25, 0.3) is 5.69 Å². The van der Waals surface area contributed by atoms with Crippen LogP contribution >= 0.6 is 11.6 Å². The summed E-state index contributed by atoms with van der Waals surface area (Å²) < 4.78 is 38.4. The van der Waals surface area contributed by atoms with Crippen LogP contribution in [0.1, 0.15) is 5.56 Å². The minimum atomic E-state index is -4.47. The number of aromatic nitrogens is 2. The highest BCUT2D eigenvalue weighted by molar-refractivity contribution is 6.30. The summed E-state index contributed by atoms with van der Waals surface area (Å²) >= 11 is 5.60. The predicted octanol–water partition coefficient (Wildman–Crippen LogP) is 2.90. The van der Waals surface area contributed by atoms with Gasteiger partial charge in [-0.2, -0.15) is 23.0 Å². The Morgan fingerprint density at radius 2 is 1.94 bits per heavy atom. The zero-order valence-electron chi connectivity index (χ0n) is 8.78. The molecule has 0 bridgehead atoms. The average molecular weight is 275 g/mol. The second kappa shape index (κ2) is 4.45. The minimum Gasteiger partial charge on any atom is -0.266 e. The van der Waals surface area contributed by atoms with Crippen LogP contribution in [0.3, 0.4) is 0 Å². The Labute approximate surface area is 104 Å². The monoisotopic (exact) mass is 274 g/mol. The standard InChI is InChI=1S/C11H6ClF3N2O/c12-9-4-5-16-17(10(9)18)8-3-1-2-7(6-8)11(13,14)15/h1-6H. The van der Waals surface area contributed by atoms with Crippen LogP contribution in [-0.4, -0.2) is 9.78 Å². The van der Waals surface area contributed by atoms with Crippen LogP contribution in [0, 0.1) is 0 Å². The van der Waals surface area contributed by atoms with E-state index in [2.05, 4.69) is 5.10 Å². The molecule has 0 radical (unpaired) electrons. The number of rotatable bonds is 1. The van der Waals surface area contributed by atoms with E-state index in [4.69, 9.17) is 11.6 Å². The first-order valence-electron chi connectivity index (χ1n) is 4.81. The first-order valence-corrected chi connectivity index (χ1v) is 5.19. The summed E-state index contributed by atoms with van der Waals surface area (Å²) in [7, 11) is 0. The molecule has 0 amide bonds. The van der Waals surface area contributed by atoms with E-state index in [1.54, 1.807) is 0 Å². The van der Waals surface area contributed by atoms with Gasteiger partial charge in [0, 0.05) is 6.20 Å². The molecule has 0 spiro atoms. The van der Waals surface area contributed by atoms with E-state index in [9.17, 15) is 18.0 Å². The summed E-state index contributed by atoms with van der Waals surface area (Å²) in [5.41, 5.74) is -1.51. The third kappa shape index (κ3) is 2.38. The molecule has 2 rings (SSSR count). The van der Waals surface area contributed by atoms with Crippen LogP contribution in [0.2, 0.25) is 5.02 Å². The molecule has 2 aromatic rings. The molecular weight excluding hydrogens is 269 g/mol. The Morgan fingerprint density at radius 1 is 1.22 bits per heavy atom. The number of alkyl halides is 3. The van der Waals surface area contributed by atoms with Crippen molar-refractivity contribution in [1.82, 2.24) is 9.78 Å². The molecule has 0 aliphatic carbocycles. The van der Waals surface area contributed by atoms with E-state index in [0.717, 1.165) is 16.8 Å². The van der Waals surface area contributed by atoms with Gasteiger partial charge in [-0.25, -0.2) is 0 Å². The van der Waals surface area contributed by atoms with Gasteiger partial charge in [0.15, 0.2) is 0 Å². The highest BCUT2D eigenvalue weighted by Gasteiger charge is 2.30. The molecule has 1 heterocycles. The third-order valence-corrected chi connectivity index (χ3v) is 2.51. The van der Waals surface area contributed by atoms with E-state index in [0.29, 0.717) is 0 Å². The van der Waals surface area contributed by atoms with Gasteiger partial charge in [0.25, 0.3) is 5.56 Å². The van der Waals surface area contributed by atoms with Crippen molar-refractivity contribution in [3.05, 3.63) is 57.5 Å². The highest BCUT2D eigenvalue weighted by Crippen LogP contribution is 2.29. The fourth-order valence-corrected chi connectivity index (χ4v) is 1.52. The Morgan fingerprint density at radius 3 is 2.61 bits per heavy atom. The van der Waals surface area contributed by atoms with Crippen molar-refractivity contribution in [2.75, 3.05) is 0 Å². The van der Waals surface area contributed by atoms with Crippen molar-refractivity contribution >= 4 is 11.6 Å². The molecule has 0 aliphatic heterocycles. The number of halogens is 4. The lowest BCUT2D eigenvalue weighted by atomic mass is 10.2. The molecule has 0 fully saturated rings. The van der Waals surface area contributed by atoms with E-state index in [-0.39, 0.29) is 10.7 Å². The average Bonchev–Trinajstić information content (AvgIpc) is 2.32. The van der Waals surface area contributed by atoms with Crippen LogP contribution in [0.15, 0.2) is 41.3 Å². The molecular formula is C11H6ClF3N2O. The first kappa shape index (κ1) is 12.6. The Bertz CT molecular complexity index is 637. The molecule has 1 aromatic carbocycles. The van der Waals surface area contributed by atoms with Crippen LogP contribution in [0.5, 0.6) is 0 Å². The lowest BCUT2D eigenvalue weighted by Crippen LogP contribution is -2.21. The van der Waals surface area contributed by atoms with Gasteiger partial charge in [-0.1, -0.05) is 17.7 Å². The van der Waals surface area contributed by atoms with Crippen molar-refractivity contribution in [2.45, 2.75) is 6.18 Å². The van der Waals surface area contributed by atoms with Gasteiger partial charge < -0.3 is 0 Å². The fourth-order valence-electron chi connectivity index (χ4n) is 1.39. The Balaban J connectivity index is 2.59. The molecule has 94 valence electrons. The molecule has 0 atom stereocenters. The molecule has 0 saturated heterocycles. The Kier molecular flexibility index (Phi) is 3.13. The van der Waals surface area contributed by atoms with Gasteiger partial charge in [0.05, 0.1) is 11.3 Å². The van der Waals surface area contributed by atoms with Crippen LogP contribution < -0.4 is 5.56 Å². The van der Waals surface area contributed by atoms with Gasteiger partial charge in [-0.3, -0.25) is 4.79 Å². The van der Waals surface area contributed by atoms with E-state index in [1.165, 1.54) is 24.4 Å². The van der Waals surface area contributed by atoms with E-state index >= 15 is 0 Å². The maximum absolute atomic E-state index is 12.5. The largest absolute Gasteiger partial charge is 0.416 e. The summed E-state index contributed by atoms with van der Waals surface area (Å²) in [5, 5.41) is 3.58. The van der Waals surface area contributed by atoms with Crippen molar-refractivity contribution in [3.63, 3.8) is 0 Å². The van der Waals surface area contributed by atoms with Gasteiger partial charge in [0.1, 0.15) is 5.02 Å². The molecule has 18 heavy (non-hydrogen) atoms. The predicted molar refractivity (Wildman–Crippen MR) is 59.8 cm³/mol. The second-order valence-corrected chi connectivity index (χ2v) is 3.85. The smallest absolute Gasteiger partial charge is 0.266 e. The van der Waals surface area contributed by atoms with Crippen molar-refractivity contribution in [3.8, 4) is 5.69 Å². The first-order chi connectivity index (χ1) is 8.39. The quantitative estimate of drug-likeness (QED) is 0.801. The third-order valence-electron chi connectivity index (χ3n) is 2.22. The molecule has 0 unspecified atom stereocenters. The van der Waals surface area contributed by atoms with Crippen LogP contribution in [-0.2, 0) is 6.18 Å². The topological polar surface area (TPSA) is 34.9 Å². The van der Waals surface area contributed by atoms with E-state index in [1.807, 2.05) is 0 Å². The number of hydrogen-bond acceptors (Lipinski definition) is 2. The van der Waals surface area contributed by atoms with Crippen molar-refractivity contribution in [2.24, 2.45) is 0 Å². The molecule has 0 aliphatic rings. The van der Waals surface area contributed by atoms with Gasteiger partial charge in [0.2, 0.25) is 0 Å². The van der Waals surface area contributed by atoms with Crippen LogP contribution in [0.4, 0.5) is 13.2 Å². The normalized spacial score (nSPS) is 11.6. The molecule has 1 aromatic heterocycles. The zero-order chi connectivity index (χ0) is 13.3. The number of nitrogens with zero attached hydrogens (tertiary/aromatic N) is 2. The minimum absolute atomic E-state index is 0.0114. The SMILES string of the molecule is O=c1c(Cl)ccnn1-c1cccc(C(F)(F)F)c1. The van der Waals surface area contributed by atoms with Gasteiger partial charge >= 0.3 is 6.18 Å². The maximum Gasteiger partial charge on any atom is 0.416 e. The summed E-state index contributed by atoms with van der Waals surface area (Å²) in [4.78, 5) is 11.6. The van der Waals surface area contributed by atoms with E-state index < -0.39 is 17.3 Å². The second-order valence-electron chi connectivity index (χ2n) is 3.44. The summed E-state index contributed by atoms with van der Waals surface area (Å²) in [6, 6.07) is 5.57. The van der Waals surface area contributed by atoms with Crippen molar-refractivity contribution < 1.29 is 13.2 Å². The van der Waals surface area contributed by atoms with Gasteiger partial charge in [-0.15, -0.1) is 0 Å². The van der Waals surface area contributed by atoms with Gasteiger partial charge in [-0.05, 0) is 24.3 Å². The maximum atomic E-state index is 12.5. The summed E-state index contributed by atoms with van der Waals surface area (Å²) in [6.07, 6.45) is -3.23. The molecule has 3 nitrogen and oxygen atoms in total. The fraction of sp³-hybridized carbons (Fsp3) is 0.0909. The Hall–Kier alpha value is -1.82. The molecule has 0 saturated carbocycles. The zero-order valence-corrected chi connectivity index (χ0v) is 9.53. The highest BCUT2D eigenvalue weighted by atomic mass is 35.5. The number of hydrogen-bond donors (Lipinski definition) is 0. The van der Waals surface area contributed by atoms with Crippen molar-refractivity contribution in [1.29, 1.82) is 0 Å². The summed E-state index contributed by atoms with van der Waals surface area (Å²) in [6.45, 7) is 0. The summed E-state index contributed by atoms with van der Waals surface area (Å²) in [5.74, 6) is 0.